The zero-order chi connectivity index (χ0) is 12.1. The third kappa shape index (κ3) is 3.94. The average Bonchev–Trinajstić information content (AvgIpc) is 2.17. The Bertz CT molecular complexity index is 366. The SMILES string of the molecule is CC(=O)OCC(c1cccc(Br)c1)N(C)C. The second-order valence-electron chi connectivity index (χ2n) is 3.84. The zero-order valence-corrected chi connectivity index (χ0v) is 11.3. The smallest absolute Gasteiger partial charge is 0.302 e. The molecule has 0 fully saturated rings. The summed E-state index contributed by atoms with van der Waals surface area (Å²) in [6, 6.07) is 8.10. The first kappa shape index (κ1) is 13.2. The number of carbonyl (C=O) groups excluding carboxylic acids is 1. The van der Waals surface area contributed by atoms with E-state index in [1.807, 2.05) is 43.3 Å². The van der Waals surface area contributed by atoms with E-state index in [0.717, 1.165) is 10.0 Å². The Morgan fingerprint density at radius 3 is 2.69 bits per heavy atom. The Morgan fingerprint density at radius 2 is 2.19 bits per heavy atom. The maximum atomic E-state index is 10.8. The van der Waals surface area contributed by atoms with Crippen molar-refractivity contribution in [2.45, 2.75) is 13.0 Å². The fraction of sp³-hybridized carbons (Fsp3) is 0.417. The van der Waals surface area contributed by atoms with Crippen LogP contribution in [-0.2, 0) is 9.53 Å². The molecule has 1 unspecified atom stereocenters. The standard InChI is InChI=1S/C12H16BrNO2/c1-9(15)16-8-12(14(2)3)10-5-4-6-11(13)7-10/h4-7,12H,8H2,1-3H3. The molecule has 1 rings (SSSR count). The van der Waals surface area contributed by atoms with Crippen molar-refractivity contribution >= 4 is 21.9 Å². The van der Waals surface area contributed by atoms with Gasteiger partial charge < -0.3 is 4.74 Å². The number of carbonyl (C=O) groups is 1. The molecule has 0 radical (unpaired) electrons. The van der Waals surface area contributed by atoms with Gasteiger partial charge in [-0.05, 0) is 31.8 Å². The number of hydrogen-bond donors (Lipinski definition) is 0. The Labute approximate surface area is 105 Å². The minimum absolute atomic E-state index is 0.0846. The molecule has 1 aromatic carbocycles. The lowest BCUT2D eigenvalue weighted by Gasteiger charge is -2.24. The van der Waals surface area contributed by atoms with Crippen LogP contribution in [0.15, 0.2) is 28.7 Å². The third-order valence-corrected chi connectivity index (χ3v) is 2.79. The topological polar surface area (TPSA) is 29.5 Å². The van der Waals surface area contributed by atoms with Crippen molar-refractivity contribution in [2.75, 3.05) is 20.7 Å². The van der Waals surface area contributed by atoms with Gasteiger partial charge >= 0.3 is 5.97 Å². The summed E-state index contributed by atoms with van der Waals surface area (Å²) in [6.07, 6.45) is 0. The number of rotatable bonds is 4. The van der Waals surface area contributed by atoms with Crippen molar-refractivity contribution < 1.29 is 9.53 Å². The molecule has 0 saturated carbocycles. The molecule has 0 saturated heterocycles. The van der Waals surface area contributed by atoms with E-state index >= 15 is 0 Å². The second-order valence-corrected chi connectivity index (χ2v) is 4.75. The van der Waals surface area contributed by atoms with Gasteiger partial charge in [-0.1, -0.05) is 28.1 Å². The summed E-state index contributed by atoms with van der Waals surface area (Å²) in [5.41, 5.74) is 1.13. The van der Waals surface area contributed by atoms with E-state index in [0.29, 0.717) is 6.61 Å². The van der Waals surface area contributed by atoms with Gasteiger partial charge in [0.2, 0.25) is 0 Å². The fourth-order valence-corrected chi connectivity index (χ4v) is 1.87. The minimum atomic E-state index is -0.248. The quantitative estimate of drug-likeness (QED) is 0.797. The van der Waals surface area contributed by atoms with Gasteiger partial charge in [-0.2, -0.15) is 0 Å². The molecule has 16 heavy (non-hydrogen) atoms. The molecule has 0 aliphatic rings. The van der Waals surface area contributed by atoms with Crippen LogP contribution in [-0.4, -0.2) is 31.6 Å². The lowest BCUT2D eigenvalue weighted by Crippen LogP contribution is -2.25. The highest BCUT2D eigenvalue weighted by atomic mass is 79.9. The normalized spacial score (nSPS) is 12.6. The summed E-state index contributed by atoms with van der Waals surface area (Å²) in [6.45, 7) is 1.80. The Morgan fingerprint density at radius 1 is 1.50 bits per heavy atom. The van der Waals surface area contributed by atoms with Crippen LogP contribution < -0.4 is 0 Å². The highest BCUT2D eigenvalue weighted by Gasteiger charge is 2.15. The lowest BCUT2D eigenvalue weighted by molar-refractivity contribution is -0.142. The predicted octanol–water partition coefficient (Wildman–Crippen LogP) is 2.61. The van der Waals surface area contributed by atoms with E-state index in [9.17, 15) is 4.79 Å². The number of likely N-dealkylation sites (N-methyl/N-ethyl adjacent to an activating group) is 1. The first-order valence-electron chi connectivity index (χ1n) is 5.06. The molecular formula is C12H16BrNO2. The largest absolute Gasteiger partial charge is 0.464 e. The number of hydrogen-bond acceptors (Lipinski definition) is 3. The van der Waals surface area contributed by atoms with Crippen molar-refractivity contribution in [3.05, 3.63) is 34.3 Å². The second kappa shape index (κ2) is 6.01. The molecule has 0 aliphatic heterocycles. The average molecular weight is 286 g/mol. The van der Waals surface area contributed by atoms with Crippen molar-refractivity contribution in [1.29, 1.82) is 0 Å². The van der Waals surface area contributed by atoms with Crippen LogP contribution in [0.2, 0.25) is 0 Å². The fourth-order valence-electron chi connectivity index (χ4n) is 1.45. The van der Waals surface area contributed by atoms with E-state index in [4.69, 9.17) is 4.74 Å². The Balaban J connectivity index is 2.81. The molecule has 1 aromatic rings. The molecule has 0 aromatic heterocycles. The summed E-state index contributed by atoms with van der Waals surface area (Å²) in [5, 5.41) is 0. The van der Waals surface area contributed by atoms with E-state index in [1.165, 1.54) is 6.92 Å². The molecule has 0 bridgehead atoms. The first-order chi connectivity index (χ1) is 7.50. The van der Waals surface area contributed by atoms with E-state index in [-0.39, 0.29) is 12.0 Å². The molecule has 3 nitrogen and oxygen atoms in total. The summed E-state index contributed by atoms with van der Waals surface area (Å²) < 4.78 is 6.09. The van der Waals surface area contributed by atoms with Gasteiger partial charge in [0.25, 0.3) is 0 Å². The van der Waals surface area contributed by atoms with Crippen LogP contribution >= 0.6 is 15.9 Å². The maximum absolute atomic E-state index is 10.8. The number of ether oxygens (including phenoxy) is 1. The molecule has 0 spiro atoms. The molecule has 4 heteroatoms. The maximum Gasteiger partial charge on any atom is 0.302 e. The third-order valence-electron chi connectivity index (χ3n) is 2.30. The Kier molecular flexibility index (Phi) is 4.96. The van der Waals surface area contributed by atoms with E-state index in [1.54, 1.807) is 0 Å². The highest BCUT2D eigenvalue weighted by molar-refractivity contribution is 9.10. The van der Waals surface area contributed by atoms with Gasteiger partial charge in [0.15, 0.2) is 0 Å². The number of halogens is 1. The molecule has 88 valence electrons. The van der Waals surface area contributed by atoms with Crippen LogP contribution in [0, 0.1) is 0 Å². The molecule has 0 N–H and O–H groups in total. The van der Waals surface area contributed by atoms with Gasteiger partial charge in [0.1, 0.15) is 6.61 Å². The first-order valence-corrected chi connectivity index (χ1v) is 5.85. The summed E-state index contributed by atoms with van der Waals surface area (Å²) in [4.78, 5) is 12.9. The van der Waals surface area contributed by atoms with Crippen LogP contribution in [0.1, 0.15) is 18.5 Å². The minimum Gasteiger partial charge on any atom is -0.464 e. The van der Waals surface area contributed by atoms with Gasteiger partial charge in [0, 0.05) is 11.4 Å². The number of benzene rings is 1. The molecule has 1 atom stereocenters. The summed E-state index contributed by atoms with van der Waals surface area (Å²) in [7, 11) is 3.93. The van der Waals surface area contributed by atoms with Crippen molar-refractivity contribution in [1.82, 2.24) is 4.90 Å². The summed E-state index contributed by atoms with van der Waals surface area (Å²) in [5.74, 6) is -0.248. The van der Waals surface area contributed by atoms with Crippen LogP contribution in [0.25, 0.3) is 0 Å². The molecule has 0 heterocycles. The molecule has 0 amide bonds. The van der Waals surface area contributed by atoms with Crippen molar-refractivity contribution in [3.8, 4) is 0 Å². The van der Waals surface area contributed by atoms with Crippen LogP contribution in [0.4, 0.5) is 0 Å². The van der Waals surface area contributed by atoms with Gasteiger partial charge in [-0.3, -0.25) is 9.69 Å². The summed E-state index contributed by atoms with van der Waals surface area (Å²) >= 11 is 3.43. The van der Waals surface area contributed by atoms with E-state index < -0.39 is 0 Å². The monoisotopic (exact) mass is 285 g/mol. The van der Waals surface area contributed by atoms with Crippen molar-refractivity contribution in [3.63, 3.8) is 0 Å². The van der Waals surface area contributed by atoms with Crippen LogP contribution in [0.5, 0.6) is 0 Å². The number of nitrogens with zero attached hydrogens (tertiary/aromatic N) is 1. The van der Waals surface area contributed by atoms with Gasteiger partial charge in [0.05, 0.1) is 6.04 Å². The molecule has 0 aliphatic carbocycles. The van der Waals surface area contributed by atoms with Gasteiger partial charge in [-0.15, -0.1) is 0 Å². The Hall–Kier alpha value is -0.870. The van der Waals surface area contributed by atoms with Crippen molar-refractivity contribution in [2.24, 2.45) is 0 Å². The van der Waals surface area contributed by atoms with Crippen LogP contribution in [0.3, 0.4) is 0 Å². The molecular weight excluding hydrogens is 270 g/mol. The highest BCUT2D eigenvalue weighted by Crippen LogP contribution is 2.22. The zero-order valence-electron chi connectivity index (χ0n) is 9.74. The van der Waals surface area contributed by atoms with E-state index in [2.05, 4.69) is 15.9 Å². The number of esters is 1. The predicted molar refractivity (Wildman–Crippen MR) is 67.2 cm³/mol. The van der Waals surface area contributed by atoms with Gasteiger partial charge in [-0.25, -0.2) is 0 Å². The lowest BCUT2D eigenvalue weighted by atomic mass is 10.1.